The van der Waals surface area contributed by atoms with Crippen LogP contribution in [0.3, 0.4) is 0 Å². The number of benzene rings is 2. The standard InChI is InChI=1S/C20H21N3O3S/c1-22(15-8-4-3-5-9-15)19(24)13-26-20(25)12-23-17-11-7-6-10-16(17)21-18(23)14-27-2/h3-11H,12-14H2,1-2H3. The molecule has 0 N–H and O–H groups in total. The molecule has 6 nitrogen and oxygen atoms in total. The molecular weight excluding hydrogens is 362 g/mol. The van der Waals surface area contributed by atoms with Crippen molar-refractivity contribution in [3.63, 3.8) is 0 Å². The Labute approximate surface area is 162 Å². The SMILES string of the molecule is CSCc1nc2ccccc2n1CC(=O)OCC(=O)N(C)c1ccccc1. The molecule has 0 saturated carbocycles. The number of fused-ring (bicyclic) bond motifs is 1. The largest absolute Gasteiger partial charge is 0.454 e. The molecular formula is C20H21N3O3S. The fourth-order valence-electron chi connectivity index (χ4n) is 2.75. The highest BCUT2D eigenvalue weighted by atomic mass is 32.2. The summed E-state index contributed by atoms with van der Waals surface area (Å²) in [6.07, 6.45) is 1.99. The van der Waals surface area contributed by atoms with Gasteiger partial charge in [-0.1, -0.05) is 30.3 Å². The first-order valence-corrected chi connectivity index (χ1v) is 9.90. The minimum Gasteiger partial charge on any atom is -0.454 e. The topological polar surface area (TPSA) is 64.4 Å². The maximum absolute atomic E-state index is 12.3. The van der Waals surface area contributed by atoms with Gasteiger partial charge in [0.1, 0.15) is 12.4 Å². The second-order valence-corrected chi connectivity index (χ2v) is 6.85. The van der Waals surface area contributed by atoms with Crippen LogP contribution >= 0.6 is 11.8 Å². The number of likely N-dealkylation sites (N-methyl/N-ethyl adjacent to an activating group) is 1. The Hall–Kier alpha value is -2.80. The van der Waals surface area contributed by atoms with Gasteiger partial charge >= 0.3 is 5.97 Å². The Balaban J connectivity index is 1.65. The molecule has 0 radical (unpaired) electrons. The Morgan fingerprint density at radius 2 is 1.81 bits per heavy atom. The molecule has 0 bridgehead atoms. The summed E-state index contributed by atoms with van der Waals surface area (Å²) in [6.45, 7) is -0.270. The molecule has 0 aliphatic rings. The quantitative estimate of drug-likeness (QED) is 0.587. The normalized spacial score (nSPS) is 10.7. The predicted octanol–water partition coefficient (Wildman–Crippen LogP) is 3.11. The van der Waals surface area contributed by atoms with E-state index < -0.39 is 5.97 Å². The van der Waals surface area contributed by atoms with E-state index in [1.165, 1.54) is 4.90 Å². The zero-order valence-electron chi connectivity index (χ0n) is 15.3. The third kappa shape index (κ3) is 4.49. The van der Waals surface area contributed by atoms with Crippen molar-refractivity contribution in [2.24, 2.45) is 0 Å². The lowest BCUT2D eigenvalue weighted by molar-refractivity contribution is -0.148. The number of carbonyl (C=O) groups is 2. The van der Waals surface area contributed by atoms with Crippen molar-refractivity contribution in [3.8, 4) is 0 Å². The summed E-state index contributed by atoms with van der Waals surface area (Å²) in [5, 5.41) is 0. The third-order valence-corrected chi connectivity index (χ3v) is 4.72. The first-order chi connectivity index (χ1) is 13.1. The van der Waals surface area contributed by atoms with E-state index in [0.717, 1.165) is 22.5 Å². The second kappa shape index (κ2) is 8.73. The first-order valence-electron chi connectivity index (χ1n) is 8.50. The number of rotatable bonds is 7. The van der Waals surface area contributed by atoms with Gasteiger partial charge in [-0.2, -0.15) is 11.8 Å². The lowest BCUT2D eigenvalue weighted by Gasteiger charge is -2.17. The molecule has 0 atom stereocenters. The summed E-state index contributed by atoms with van der Waals surface area (Å²) < 4.78 is 7.06. The highest BCUT2D eigenvalue weighted by Gasteiger charge is 2.17. The summed E-state index contributed by atoms with van der Waals surface area (Å²) in [7, 11) is 1.66. The number of hydrogen-bond donors (Lipinski definition) is 0. The summed E-state index contributed by atoms with van der Waals surface area (Å²) in [6, 6.07) is 16.9. The van der Waals surface area contributed by atoms with Gasteiger partial charge in [-0.05, 0) is 30.5 Å². The Morgan fingerprint density at radius 1 is 1.11 bits per heavy atom. The molecule has 0 aliphatic carbocycles. The highest BCUT2D eigenvalue weighted by Crippen LogP contribution is 2.19. The Bertz CT molecular complexity index is 940. The summed E-state index contributed by atoms with van der Waals surface area (Å²) in [4.78, 5) is 30.6. The van der Waals surface area contributed by atoms with Crippen LogP contribution in [0.2, 0.25) is 0 Å². The monoisotopic (exact) mass is 383 g/mol. The molecule has 0 saturated heterocycles. The van der Waals surface area contributed by atoms with Gasteiger partial charge < -0.3 is 14.2 Å². The fourth-order valence-corrected chi connectivity index (χ4v) is 3.23. The van der Waals surface area contributed by atoms with Crippen molar-refractivity contribution in [1.82, 2.24) is 9.55 Å². The first kappa shape index (κ1) is 19.0. The number of esters is 1. The smallest absolute Gasteiger partial charge is 0.326 e. The maximum atomic E-state index is 12.3. The van der Waals surface area contributed by atoms with Crippen molar-refractivity contribution in [3.05, 3.63) is 60.4 Å². The van der Waals surface area contributed by atoms with Crippen molar-refractivity contribution in [2.75, 3.05) is 24.8 Å². The zero-order chi connectivity index (χ0) is 19.2. The van der Waals surface area contributed by atoms with Crippen molar-refractivity contribution in [1.29, 1.82) is 0 Å². The number of imidazole rings is 1. The molecule has 7 heteroatoms. The van der Waals surface area contributed by atoms with E-state index in [0.29, 0.717) is 5.75 Å². The molecule has 27 heavy (non-hydrogen) atoms. The van der Waals surface area contributed by atoms with E-state index in [4.69, 9.17) is 4.74 Å². The molecule has 0 spiro atoms. The molecule has 140 valence electrons. The van der Waals surface area contributed by atoms with Crippen molar-refractivity contribution < 1.29 is 14.3 Å². The van der Waals surface area contributed by atoms with E-state index >= 15 is 0 Å². The number of nitrogens with zero attached hydrogens (tertiary/aromatic N) is 3. The van der Waals surface area contributed by atoms with Crippen LogP contribution in [-0.4, -0.2) is 41.3 Å². The zero-order valence-corrected chi connectivity index (χ0v) is 16.1. The van der Waals surface area contributed by atoms with E-state index in [9.17, 15) is 9.59 Å². The lowest BCUT2D eigenvalue weighted by Crippen LogP contribution is -2.31. The molecule has 1 amide bonds. The minimum absolute atomic E-state index is 0.0265. The van der Waals surface area contributed by atoms with E-state index in [1.807, 2.05) is 65.4 Å². The van der Waals surface area contributed by atoms with Gasteiger partial charge in [-0.25, -0.2) is 4.98 Å². The van der Waals surface area contributed by atoms with Crippen LogP contribution in [0.25, 0.3) is 11.0 Å². The third-order valence-electron chi connectivity index (χ3n) is 4.17. The van der Waals surface area contributed by atoms with Gasteiger partial charge in [0.25, 0.3) is 5.91 Å². The molecule has 0 unspecified atom stereocenters. The van der Waals surface area contributed by atoms with E-state index in [-0.39, 0.29) is 19.1 Å². The Kier molecular flexibility index (Phi) is 6.13. The average Bonchev–Trinajstić information content (AvgIpc) is 3.04. The summed E-state index contributed by atoms with van der Waals surface area (Å²) >= 11 is 1.63. The van der Waals surface area contributed by atoms with Gasteiger partial charge in [0, 0.05) is 12.7 Å². The number of aromatic nitrogens is 2. The number of amides is 1. The highest BCUT2D eigenvalue weighted by molar-refractivity contribution is 7.97. The summed E-state index contributed by atoms with van der Waals surface area (Å²) in [5.74, 6) is 0.760. The molecule has 3 rings (SSSR count). The molecule has 0 fully saturated rings. The van der Waals surface area contributed by atoms with Gasteiger partial charge in [0.2, 0.25) is 0 Å². The van der Waals surface area contributed by atoms with E-state index in [2.05, 4.69) is 4.98 Å². The lowest BCUT2D eigenvalue weighted by atomic mass is 10.3. The fraction of sp³-hybridized carbons (Fsp3) is 0.250. The average molecular weight is 383 g/mol. The minimum atomic E-state index is -0.463. The van der Waals surface area contributed by atoms with Gasteiger partial charge in [0.05, 0.1) is 16.8 Å². The number of hydrogen-bond acceptors (Lipinski definition) is 5. The molecule has 3 aromatic rings. The van der Waals surface area contributed by atoms with Crippen LogP contribution < -0.4 is 4.90 Å². The number of carbonyl (C=O) groups excluding carboxylic acids is 2. The Morgan fingerprint density at radius 3 is 2.56 bits per heavy atom. The van der Waals surface area contributed by atoms with Crippen LogP contribution in [0.15, 0.2) is 54.6 Å². The van der Waals surface area contributed by atoms with Gasteiger partial charge in [0.15, 0.2) is 6.61 Å². The summed E-state index contributed by atoms with van der Waals surface area (Å²) in [5.41, 5.74) is 2.47. The molecule has 1 heterocycles. The van der Waals surface area contributed by atoms with Gasteiger partial charge in [-0.15, -0.1) is 0 Å². The molecule has 1 aromatic heterocycles. The predicted molar refractivity (Wildman–Crippen MR) is 108 cm³/mol. The number of anilines is 1. The number of ether oxygens (including phenoxy) is 1. The van der Waals surface area contributed by atoms with Crippen LogP contribution in [0.4, 0.5) is 5.69 Å². The van der Waals surface area contributed by atoms with E-state index in [1.54, 1.807) is 18.8 Å². The van der Waals surface area contributed by atoms with Crippen molar-refractivity contribution >= 4 is 40.4 Å². The maximum Gasteiger partial charge on any atom is 0.326 e. The second-order valence-electron chi connectivity index (χ2n) is 5.98. The van der Waals surface area contributed by atoms with Crippen molar-refractivity contribution in [2.45, 2.75) is 12.3 Å². The number of para-hydroxylation sites is 3. The van der Waals surface area contributed by atoms with Crippen LogP contribution in [0.5, 0.6) is 0 Å². The molecule has 2 aromatic carbocycles. The van der Waals surface area contributed by atoms with Crippen LogP contribution in [0, 0.1) is 0 Å². The van der Waals surface area contributed by atoms with Crippen LogP contribution in [0.1, 0.15) is 5.82 Å². The number of thioether (sulfide) groups is 1. The molecule has 0 aliphatic heterocycles. The van der Waals surface area contributed by atoms with Gasteiger partial charge in [-0.3, -0.25) is 9.59 Å². The van der Waals surface area contributed by atoms with Crippen LogP contribution in [-0.2, 0) is 26.6 Å².